The van der Waals surface area contributed by atoms with Crippen LogP contribution in [-0.2, 0) is 11.3 Å². The molecule has 0 unspecified atom stereocenters. The Labute approximate surface area is 120 Å². The summed E-state index contributed by atoms with van der Waals surface area (Å²) in [6, 6.07) is 15.2. The van der Waals surface area contributed by atoms with Crippen LogP contribution >= 0.6 is 15.9 Å². The maximum Gasteiger partial charge on any atom is 0.248 e. The molecule has 3 rings (SSSR count). The number of hydrogen-bond acceptors (Lipinski definition) is 2. The Balaban J connectivity index is 1.98. The third kappa shape index (κ3) is 2.17. The number of rotatable bonds is 2. The van der Waals surface area contributed by atoms with E-state index >= 15 is 0 Å². The smallest absolute Gasteiger partial charge is 0.248 e. The van der Waals surface area contributed by atoms with Crippen molar-refractivity contribution in [1.82, 2.24) is 0 Å². The van der Waals surface area contributed by atoms with Gasteiger partial charge in [0.05, 0.1) is 6.54 Å². The number of nitrogens with two attached hydrogens (primary N) is 1. The molecule has 1 heterocycles. The van der Waals surface area contributed by atoms with Crippen molar-refractivity contribution in [2.24, 2.45) is 5.73 Å². The lowest BCUT2D eigenvalue weighted by atomic mass is 10.1. The molecule has 4 heteroatoms. The second-order valence-corrected chi connectivity index (χ2v) is 5.51. The fourth-order valence-electron chi connectivity index (χ4n) is 2.37. The molecule has 96 valence electrons. The van der Waals surface area contributed by atoms with E-state index in [2.05, 4.69) is 15.9 Å². The van der Waals surface area contributed by atoms with Crippen LogP contribution < -0.4 is 10.6 Å². The van der Waals surface area contributed by atoms with Crippen LogP contribution in [0.25, 0.3) is 0 Å². The molecule has 1 atom stereocenters. The lowest BCUT2D eigenvalue weighted by Crippen LogP contribution is -2.31. The van der Waals surface area contributed by atoms with Gasteiger partial charge in [0, 0.05) is 15.7 Å². The Morgan fingerprint density at radius 1 is 1.16 bits per heavy atom. The average molecular weight is 317 g/mol. The standard InChI is InChI=1S/C15H13BrN2O/c16-11-6-7-13-12(8-11)14(17)15(19)18(13)9-10-4-2-1-3-5-10/h1-8,14H,9,17H2/t14-/m0/s1. The summed E-state index contributed by atoms with van der Waals surface area (Å²) in [4.78, 5) is 14.0. The summed E-state index contributed by atoms with van der Waals surface area (Å²) in [6.45, 7) is 0.558. The number of carbonyl (C=O) groups is 1. The zero-order valence-corrected chi connectivity index (χ0v) is 11.8. The van der Waals surface area contributed by atoms with E-state index < -0.39 is 6.04 Å². The van der Waals surface area contributed by atoms with Gasteiger partial charge in [-0.3, -0.25) is 4.79 Å². The molecule has 0 aromatic heterocycles. The minimum Gasteiger partial charge on any atom is -0.316 e. The van der Waals surface area contributed by atoms with E-state index in [9.17, 15) is 4.79 Å². The summed E-state index contributed by atoms with van der Waals surface area (Å²) >= 11 is 3.41. The fourth-order valence-corrected chi connectivity index (χ4v) is 2.75. The monoisotopic (exact) mass is 316 g/mol. The van der Waals surface area contributed by atoms with E-state index in [4.69, 9.17) is 5.73 Å². The molecule has 2 aromatic carbocycles. The van der Waals surface area contributed by atoms with Gasteiger partial charge in [-0.25, -0.2) is 0 Å². The minimum atomic E-state index is -0.559. The van der Waals surface area contributed by atoms with Crippen LogP contribution in [0.15, 0.2) is 53.0 Å². The van der Waals surface area contributed by atoms with Gasteiger partial charge in [0.1, 0.15) is 6.04 Å². The lowest BCUT2D eigenvalue weighted by molar-refractivity contribution is -0.119. The van der Waals surface area contributed by atoms with Crippen molar-refractivity contribution < 1.29 is 4.79 Å². The lowest BCUT2D eigenvalue weighted by Gasteiger charge is -2.17. The number of benzene rings is 2. The fraction of sp³-hybridized carbons (Fsp3) is 0.133. The number of amides is 1. The molecule has 1 amide bonds. The molecule has 19 heavy (non-hydrogen) atoms. The van der Waals surface area contributed by atoms with Crippen molar-refractivity contribution in [1.29, 1.82) is 0 Å². The average Bonchev–Trinajstić information content (AvgIpc) is 2.65. The number of fused-ring (bicyclic) bond motifs is 1. The van der Waals surface area contributed by atoms with Crippen LogP contribution in [0.5, 0.6) is 0 Å². The third-order valence-electron chi connectivity index (χ3n) is 3.33. The Morgan fingerprint density at radius 3 is 2.63 bits per heavy atom. The molecule has 1 aliphatic heterocycles. The molecule has 0 spiro atoms. The molecule has 0 fully saturated rings. The zero-order chi connectivity index (χ0) is 13.4. The summed E-state index contributed by atoms with van der Waals surface area (Å²) in [5, 5.41) is 0. The largest absolute Gasteiger partial charge is 0.316 e. The number of carbonyl (C=O) groups excluding carboxylic acids is 1. The van der Waals surface area contributed by atoms with Gasteiger partial charge < -0.3 is 10.6 Å². The molecular weight excluding hydrogens is 304 g/mol. The van der Waals surface area contributed by atoms with Gasteiger partial charge in [-0.2, -0.15) is 0 Å². The van der Waals surface area contributed by atoms with Gasteiger partial charge in [0.15, 0.2) is 0 Å². The molecule has 3 nitrogen and oxygen atoms in total. The number of hydrogen-bond donors (Lipinski definition) is 1. The maximum atomic E-state index is 12.3. The molecule has 0 saturated carbocycles. The van der Waals surface area contributed by atoms with E-state index in [-0.39, 0.29) is 5.91 Å². The SMILES string of the molecule is N[C@@H]1C(=O)N(Cc2ccccc2)c2ccc(Br)cc21. The van der Waals surface area contributed by atoms with Gasteiger partial charge in [-0.1, -0.05) is 46.3 Å². The van der Waals surface area contributed by atoms with Crippen molar-refractivity contribution in [2.45, 2.75) is 12.6 Å². The highest BCUT2D eigenvalue weighted by molar-refractivity contribution is 9.10. The Kier molecular flexibility index (Phi) is 3.12. The molecular formula is C15H13BrN2O. The molecule has 0 radical (unpaired) electrons. The Morgan fingerprint density at radius 2 is 1.89 bits per heavy atom. The second kappa shape index (κ2) is 4.79. The number of nitrogens with zero attached hydrogens (tertiary/aromatic N) is 1. The first-order valence-electron chi connectivity index (χ1n) is 6.07. The minimum absolute atomic E-state index is 0.0445. The topological polar surface area (TPSA) is 46.3 Å². The number of anilines is 1. The summed E-state index contributed by atoms with van der Waals surface area (Å²) in [5.41, 5.74) is 8.88. The molecule has 1 aliphatic rings. The highest BCUT2D eigenvalue weighted by Gasteiger charge is 2.34. The van der Waals surface area contributed by atoms with Crippen LogP contribution in [0.1, 0.15) is 17.2 Å². The van der Waals surface area contributed by atoms with Crippen LogP contribution in [0, 0.1) is 0 Å². The first-order valence-corrected chi connectivity index (χ1v) is 6.86. The van der Waals surface area contributed by atoms with Crippen molar-refractivity contribution in [3.05, 3.63) is 64.1 Å². The van der Waals surface area contributed by atoms with Crippen LogP contribution in [0.3, 0.4) is 0 Å². The predicted octanol–water partition coefficient (Wildman–Crippen LogP) is 3.00. The van der Waals surface area contributed by atoms with Crippen molar-refractivity contribution >= 4 is 27.5 Å². The van der Waals surface area contributed by atoms with E-state index in [0.717, 1.165) is 21.3 Å². The third-order valence-corrected chi connectivity index (χ3v) is 3.82. The number of halogens is 1. The highest BCUT2D eigenvalue weighted by atomic mass is 79.9. The van der Waals surface area contributed by atoms with Gasteiger partial charge >= 0.3 is 0 Å². The van der Waals surface area contributed by atoms with E-state index in [1.54, 1.807) is 4.90 Å². The molecule has 2 aromatic rings. The van der Waals surface area contributed by atoms with Crippen molar-refractivity contribution in [3.8, 4) is 0 Å². The summed E-state index contributed by atoms with van der Waals surface area (Å²) in [7, 11) is 0. The first kappa shape index (κ1) is 12.4. The van der Waals surface area contributed by atoms with Gasteiger partial charge in [-0.15, -0.1) is 0 Å². The molecule has 0 bridgehead atoms. The predicted molar refractivity (Wildman–Crippen MR) is 78.7 cm³/mol. The normalized spacial score (nSPS) is 17.7. The van der Waals surface area contributed by atoms with Gasteiger partial charge in [0.25, 0.3) is 0 Å². The zero-order valence-electron chi connectivity index (χ0n) is 10.2. The Bertz CT molecular complexity index is 627. The van der Waals surface area contributed by atoms with Gasteiger partial charge in [-0.05, 0) is 23.8 Å². The van der Waals surface area contributed by atoms with E-state index in [1.807, 2.05) is 48.5 Å². The second-order valence-electron chi connectivity index (χ2n) is 4.59. The van der Waals surface area contributed by atoms with Crippen molar-refractivity contribution in [3.63, 3.8) is 0 Å². The first-order chi connectivity index (χ1) is 9.16. The van der Waals surface area contributed by atoms with E-state index in [1.165, 1.54) is 0 Å². The van der Waals surface area contributed by atoms with Gasteiger partial charge in [0.2, 0.25) is 5.91 Å². The summed E-state index contributed by atoms with van der Waals surface area (Å²) < 4.78 is 0.941. The summed E-state index contributed by atoms with van der Waals surface area (Å²) in [5.74, 6) is -0.0445. The Hall–Kier alpha value is -1.65. The molecule has 0 saturated heterocycles. The van der Waals surface area contributed by atoms with Crippen LogP contribution in [0.4, 0.5) is 5.69 Å². The quantitative estimate of drug-likeness (QED) is 0.925. The van der Waals surface area contributed by atoms with E-state index in [0.29, 0.717) is 6.54 Å². The molecule has 2 N–H and O–H groups in total. The summed E-state index contributed by atoms with van der Waals surface area (Å²) in [6.07, 6.45) is 0. The maximum absolute atomic E-state index is 12.3. The highest BCUT2D eigenvalue weighted by Crippen LogP contribution is 2.37. The molecule has 0 aliphatic carbocycles. The van der Waals surface area contributed by atoms with Crippen LogP contribution in [-0.4, -0.2) is 5.91 Å². The van der Waals surface area contributed by atoms with Crippen LogP contribution in [0.2, 0.25) is 0 Å². The van der Waals surface area contributed by atoms with Crippen molar-refractivity contribution in [2.75, 3.05) is 4.90 Å².